The maximum atomic E-state index is 11.1. The highest BCUT2D eigenvalue weighted by Crippen LogP contribution is 1.98. The SMILES string of the molecule is CCOC(O)C(CS)NC(=O)CNC. The number of ether oxygens (including phenoxy) is 1. The maximum absolute atomic E-state index is 11.1. The average Bonchev–Trinajstić information content (AvgIpc) is 2.15. The summed E-state index contributed by atoms with van der Waals surface area (Å²) in [6, 6.07) is -0.473. The highest BCUT2D eigenvalue weighted by Gasteiger charge is 2.19. The molecule has 1 amide bonds. The Balaban J connectivity index is 3.94. The Kier molecular flexibility index (Phi) is 7.87. The van der Waals surface area contributed by atoms with E-state index in [1.165, 1.54) is 0 Å². The second kappa shape index (κ2) is 8.05. The third-order valence-corrected chi connectivity index (χ3v) is 1.96. The molecule has 84 valence electrons. The highest BCUT2D eigenvalue weighted by molar-refractivity contribution is 7.80. The lowest BCUT2D eigenvalue weighted by molar-refractivity contribution is -0.132. The van der Waals surface area contributed by atoms with Crippen molar-refractivity contribution in [2.75, 3.05) is 26.0 Å². The molecule has 0 aliphatic heterocycles. The molecule has 0 rings (SSSR count). The minimum atomic E-state index is -1.00. The van der Waals surface area contributed by atoms with E-state index in [2.05, 4.69) is 23.3 Å². The molecule has 0 radical (unpaired) electrons. The third-order valence-electron chi connectivity index (χ3n) is 1.56. The van der Waals surface area contributed by atoms with Crippen LogP contribution in [0.25, 0.3) is 0 Å². The number of nitrogens with one attached hydrogen (secondary N) is 2. The van der Waals surface area contributed by atoms with Gasteiger partial charge in [0.25, 0.3) is 0 Å². The second-order valence-corrected chi connectivity index (χ2v) is 3.10. The number of amides is 1. The lowest BCUT2D eigenvalue weighted by Gasteiger charge is -2.22. The molecule has 2 atom stereocenters. The van der Waals surface area contributed by atoms with Crippen molar-refractivity contribution in [1.29, 1.82) is 0 Å². The van der Waals surface area contributed by atoms with Gasteiger partial charge >= 0.3 is 0 Å². The Morgan fingerprint density at radius 3 is 2.71 bits per heavy atom. The topological polar surface area (TPSA) is 70.6 Å². The molecule has 3 N–H and O–H groups in total. The summed E-state index contributed by atoms with van der Waals surface area (Å²) in [4.78, 5) is 11.1. The van der Waals surface area contributed by atoms with Crippen molar-refractivity contribution in [1.82, 2.24) is 10.6 Å². The first-order valence-corrected chi connectivity index (χ1v) is 5.13. The van der Waals surface area contributed by atoms with E-state index in [1.807, 2.05) is 0 Å². The van der Waals surface area contributed by atoms with E-state index < -0.39 is 12.3 Å². The summed E-state index contributed by atoms with van der Waals surface area (Å²) in [5, 5.41) is 14.7. The monoisotopic (exact) mass is 222 g/mol. The first-order chi connectivity index (χ1) is 6.65. The normalized spacial score (nSPS) is 14.9. The van der Waals surface area contributed by atoms with E-state index in [4.69, 9.17) is 4.74 Å². The molecular formula is C8H18N2O3S. The van der Waals surface area contributed by atoms with Crippen molar-refractivity contribution in [2.45, 2.75) is 19.3 Å². The smallest absolute Gasteiger partial charge is 0.234 e. The van der Waals surface area contributed by atoms with Gasteiger partial charge in [0.2, 0.25) is 5.91 Å². The van der Waals surface area contributed by atoms with Crippen LogP contribution in [0.4, 0.5) is 0 Å². The average molecular weight is 222 g/mol. The number of aliphatic hydroxyl groups excluding tert-OH is 1. The van der Waals surface area contributed by atoms with Gasteiger partial charge in [0.05, 0.1) is 12.6 Å². The fraction of sp³-hybridized carbons (Fsp3) is 0.875. The molecule has 0 saturated heterocycles. The molecule has 5 nitrogen and oxygen atoms in total. The van der Waals surface area contributed by atoms with Crippen molar-refractivity contribution in [3.63, 3.8) is 0 Å². The van der Waals surface area contributed by atoms with E-state index in [1.54, 1.807) is 14.0 Å². The van der Waals surface area contributed by atoms with Crippen molar-refractivity contribution in [2.24, 2.45) is 0 Å². The summed E-state index contributed by atoms with van der Waals surface area (Å²) in [7, 11) is 1.67. The van der Waals surface area contributed by atoms with E-state index in [9.17, 15) is 9.90 Å². The van der Waals surface area contributed by atoms with Crippen LogP contribution in [0.5, 0.6) is 0 Å². The number of likely N-dealkylation sites (N-methyl/N-ethyl adjacent to an activating group) is 1. The van der Waals surface area contributed by atoms with Crippen LogP contribution in [0, 0.1) is 0 Å². The summed E-state index contributed by atoms with van der Waals surface area (Å²) < 4.78 is 4.95. The number of hydrogen-bond donors (Lipinski definition) is 4. The zero-order chi connectivity index (χ0) is 11.0. The third kappa shape index (κ3) is 5.43. The number of thiol groups is 1. The van der Waals surface area contributed by atoms with Gasteiger partial charge in [0.1, 0.15) is 0 Å². The summed E-state index contributed by atoms with van der Waals surface area (Å²) in [6.07, 6.45) is -1.00. The van der Waals surface area contributed by atoms with Crippen LogP contribution in [-0.2, 0) is 9.53 Å². The Labute approximate surface area is 89.6 Å². The van der Waals surface area contributed by atoms with Crippen LogP contribution in [0.15, 0.2) is 0 Å². The summed E-state index contributed by atoms with van der Waals surface area (Å²) in [5.41, 5.74) is 0. The van der Waals surface area contributed by atoms with Crippen molar-refractivity contribution in [3.8, 4) is 0 Å². The van der Waals surface area contributed by atoms with E-state index in [-0.39, 0.29) is 12.5 Å². The predicted octanol–water partition coefficient (Wildman–Crippen LogP) is -1.02. The molecular weight excluding hydrogens is 204 g/mol. The van der Waals surface area contributed by atoms with Crippen LogP contribution in [0.2, 0.25) is 0 Å². The minimum Gasteiger partial charge on any atom is -0.366 e. The van der Waals surface area contributed by atoms with E-state index >= 15 is 0 Å². The molecule has 14 heavy (non-hydrogen) atoms. The zero-order valence-corrected chi connectivity index (χ0v) is 9.38. The molecule has 0 aromatic rings. The van der Waals surface area contributed by atoms with Crippen LogP contribution in [0.3, 0.4) is 0 Å². The Morgan fingerprint density at radius 1 is 1.64 bits per heavy atom. The number of carbonyl (C=O) groups excluding carboxylic acids is 1. The lowest BCUT2D eigenvalue weighted by atomic mass is 10.3. The van der Waals surface area contributed by atoms with Gasteiger partial charge in [-0.2, -0.15) is 12.6 Å². The molecule has 0 aromatic heterocycles. The first-order valence-electron chi connectivity index (χ1n) is 4.50. The van der Waals surface area contributed by atoms with Gasteiger partial charge in [0, 0.05) is 12.4 Å². The molecule has 0 saturated carbocycles. The van der Waals surface area contributed by atoms with Gasteiger partial charge < -0.3 is 20.5 Å². The van der Waals surface area contributed by atoms with Gasteiger partial charge in [-0.25, -0.2) is 0 Å². The molecule has 0 aromatic carbocycles. The second-order valence-electron chi connectivity index (χ2n) is 2.73. The molecule has 0 heterocycles. The van der Waals surface area contributed by atoms with Gasteiger partial charge in [-0.15, -0.1) is 0 Å². The van der Waals surface area contributed by atoms with Crippen molar-refractivity contribution < 1.29 is 14.6 Å². The number of rotatable bonds is 7. The highest BCUT2D eigenvalue weighted by atomic mass is 32.1. The van der Waals surface area contributed by atoms with Crippen molar-refractivity contribution in [3.05, 3.63) is 0 Å². The van der Waals surface area contributed by atoms with Gasteiger partial charge in [-0.05, 0) is 14.0 Å². The molecule has 2 unspecified atom stereocenters. The predicted molar refractivity (Wildman–Crippen MR) is 57.3 cm³/mol. The maximum Gasteiger partial charge on any atom is 0.234 e. The molecule has 0 aliphatic carbocycles. The Morgan fingerprint density at radius 2 is 2.29 bits per heavy atom. The summed E-state index contributed by atoms with van der Waals surface area (Å²) in [6.45, 7) is 2.38. The fourth-order valence-electron chi connectivity index (χ4n) is 0.912. The van der Waals surface area contributed by atoms with Gasteiger partial charge in [0.15, 0.2) is 6.29 Å². The molecule has 0 fully saturated rings. The molecule has 0 spiro atoms. The minimum absolute atomic E-state index is 0.190. The van der Waals surface area contributed by atoms with Gasteiger partial charge in [-0.3, -0.25) is 4.79 Å². The van der Waals surface area contributed by atoms with Gasteiger partial charge in [-0.1, -0.05) is 0 Å². The Hall–Kier alpha value is -0.300. The van der Waals surface area contributed by atoms with E-state index in [0.29, 0.717) is 12.4 Å². The standard InChI is InChI=1S/C8H18N2O3S/c1-3-13-8(12)6(5-14)10-7(11)4-9-2/h6,8-9,12,14H,3-5H2,1-2H3,(H,10,11). The quantitative estimate of drug-likeness (QED) is 0.328. The summed E-state index contributed by atoms with van der Waals surface area (Å²) >= 11 is 4.02. The van der Waals surface area contributed by atoms with Crippen LogP contribution in [-0.4, -0.2) is 49.3 Å². The Bertz CT molecular complexity index is 169. The lowest BCUT2D eigenvalue weighted by Crippen LogP contribution is -2.48. The largest absolute Gasteiger partial charge is 0.366 e. The zero-order valence-electron chi connectivity index (χ0n) is 8.49. The summed E-state index contributed by atoms with van der Waals surface area (Å²) in [5.74, 6) is 0.140. The molecule has 6 heteroatoms. The molecule has 0 aliphatic rings. The van der Waals surface area contributed by atoms with Crippen molar-refractivity contribution >= 4 is 18.5 Å². The van der Waals surface area contributed by atoms with Crippen LogP contribution >= 0.6 is 12.6 Å². The van der Waals surface area contributed by atoms with Crippen LogP contribution in [0.1, 0.15) is 6.92 Å². The van der Waals surface area contributed by atoms with E-state index in [0.717, 1.165) is 0 Å². The first kappa shape index (κ1) is 13.7. The number of aliphatic hydroxyl groups is 1. The van der Waals surface area contributed by atoms with Crippen LogP contribution < -0.4 is 10.6 Å². The number of carbonyl (C=O) groups is 1. The number of hydrogen-bond acceptors (Lipinski definition) is 5. The molecule has 0 bridgehead atoms. The fourth-order valence-corrected chi connectivity index (χ4v) is 1.18.